The van der Waals surface area contributed by atoms with E-state index in [1.807, 2.05) is 54.6 Å². The van der Waals surface area contributed by atoms with Crippen LogP contribution in [0.25, 0.3) is 16.6 Å². The largest absolute Gasteiger partial charge is 0.497 e. The number of benzene rings is 2. The number of nitrogens with zero attached hydrogens (tertiary/aromatic N) is 2. The predicted molar refractivity (Wildman–Crippen MR) is 98.5 cm³/mol. The number of ketones is 1. The molecule has 2 aliphatic rings. The molecule has 3 aromatic rings. The van der Waals surface area contributed by atoms with Crippen LogP contribution in [0.2, 0.25) is 0 Å². The maximum atomic E-state index is 13.3. The van der Waals surface area contributed by atoms with Crippen molar-refractivity contribution in [1.29, 1.82) is 0 Å². The number of pyridine rings is 1. The van der Waals surface area contributed by atoms with E-state index in [4.69, 9.17) is 4.74 Å². The molecule has 5 rings (SSSR count). The summed E-state index contributed by atoms with van der Waals surface area (Å²) < 4.78 is 5.20. The highest BCUT2D eigenvalue weighted by Gasteiger charge is 2.40. The fourth-order valence-electron chi connectivity index (χ4n) is 3.69. The summed E-state index contributed by atoms with van der Waals surface area (Å²) in [5.41, 5.74) is 3.74. The molecule has 2 aromatic carbocycles. The minimum atomic E-state index is -0.133. The third-order valence-electron chi connectivity index (χ3n) is 4.88. The molecule has 0 fully saturated rings. The Kier molecular flexibility index (Phi) is 3.00. The molecule has 0 atom stereocenters. The molecule has 0 saturated heterocycles. The van der Waals surface area contributed by atoms with Gasteiger partial charge in [0.1, 0.15) is 11.4 Å². The first-order chi connectivity index (χ1) is 12.7. The van der Waals surface area contributed by atoms with Gasteiger partial charge in [-0.3, -0.25) is 14.5 Å². The Labute approximate surface area is 149 Å². The van der Waals surface area contributed by atoms with Gasteiger partial charge in [-0.05, 0) is 30.3 Å². The lowest BCUT2D eigenvalue weighted by molar-refractivity contribution is 0.0987. The summed E-state index contributed by atoms with van der Waals surface area (Å²) in [6.45, 7) is 0. The zero-order valence-electron chi connectivity index (χ0n) is 14.0. The molecule has 0 bridgehead atoms. The van der Waals surface area contributed by atoms with E-state index in [2.05, 4.69) is 4.98 Å². The van der Waals surface area contributed by atoms with Crippen LogP contribution in [0.1, 0.15) is 32.8 Å². The van der Waals surface area contributed by atoms with Crippen LogP contribution in [0.15, 0.2) is 54.6 Å². The van der Waals surface area contributed by atoms with Crippen LogP contribution in [0.4, 0.5) is 5.69 Å². The average molecular weight is 342 g/mol. The first-order valence-corrected chi connectivity index (χ1v) is 8.34. The fraction of sp³-hybridized carbons (Fsp3) is 0.0952. The molecule has 0 unspecified atom stereocenters. The Hall–Kier alpha value is -3.47. The number of fused-ring (bicyclic) bond motifs is 2. The second kappa shape index (κ2) is 5.26. The van der Waals surface area contributed by atoms with E-state index in [9.17, 15) is 9.59 Å². The molecule has 5 heteroatoms. The normalized spacial score (nSPS) is 15.3. The standard InChI is InChI=1S/C21H14N2O3/c1-26-13-8-6-12(7-9-13)23-16-10-11-17(24)20-19(16)18(21(23)25)14-4-2-3-5-15(14)22-20/h2-10H,11H2,1H3. The first kappa shape index (κ1) is 14.8. The molecule has 0 saturated carbocycles. The SMILES string of the molecule is COc1ccc(N2C(=O)c3c4c(nc5ccccc35)C(=O)CC=C42)cc1. The predicted octanol–water partition coefficient (Wildman–Crippen LogP) is 3.83. The van der Waals surface area contributed by atoms with Gasteiger partial charge in [-0.15, -0.1) is 0 Å². The van der Waals surface area contributed by atoms with E-state index in [0.717, 1.165) is 22.5 Å². The van der Waals surface area contributed by atoms with Crippen molar-refractivity contribution in [3.63, 3.8) is 0 Å². The van der Waals surface area contributed by atoms with E-state index in [-0.39, 0.29) is 18.1 Å². The molecule has 126 valence electrons. The smallest absolute Gasteiger partial charge is 0.264 e. The molecule has 0 spiro atoms. The van der Waals surface area contributed by atoms with Gasteiger partial charge in [0, 0.05) is 23.1 Å². The van der Waals surface area contributed by atoms with E-state index < -0.39 is 0 Å². The number of amides is 1. The number of rotatable bonds is 2. The van der Waals surface area contributed by atoms with Gasteiger partial charge in [0.15, 0.2) is 5.78 Å². The van der Waals surface area contributed by atoms with Gasteiger partial charge in [0.2, 0.25) is 0 Å². The maximum absolute atomic E-state index is 13.3. The van der Waals surface area contributed by atoms with Crippen molar-refractivity contribution in [2.75, 3.05) is 12.0 Å². The van der Waals surface area contributed by atoms with Crippen molar-refractivity contribution >= 4 is 34.0 Å². The highest BCUT2D eigenvalue weighted by molar-refractivity contribution is 6.30. The third kappa shape index (κ3) is 1.88. The molecule has 1 aromatic heterocycles. The van der Waals surface area contributed by atoms with Gasteiger partial charge in [-0.1, -0.05) is 24.3 Å². The number of methoxy groups -OCH3 is 1. The molecule has 1 aliphatic heterocycles. The number of anilines is 1. The van der Waals surface area contributed by atoms with Gasteiger partial charge in [-0.2, -0.15) is 0 Å². The molecular weight excluding hydrogens is 328 g/mol. The molecule has 2 heterocycles. The monoisotopic (exact) mass is 342 g/mol. The van der Waals surface area contributed by atoms with E-state index in [1.54, 1.807) is 12.0 Å². The topological polar surface area (TPSA) is 59.5 Å². The van der Waals surface area contributed by atoms with Crippen molar-refractivity contribution in [3.8, 4) is 5.75 Å². The fourth-order valence-corrected chi connectivity index (χ4v) is 3.69. The quantitative estimate of drug-likeness (QED) is 0.710. The number of allylic oxidation sites excluding steroid dienone is 1. The van der Waals surface area contributed by atoms with Crippen molar-refractivity contribution in [2.45, 2.75) is 6.42 Å². The number of carbonyl (C=O) groups is 2. The van der Waals surface area contributed by atoms with Crippen LogP contribution in [0.3, 0.4) is 0 Å². The summed E-state index contributed by atoms with van der Waals surface area (Å²) in [6.07, 6.45) is 2.06. The summed E-state index contributed by atoms with van der Waals surface area (Å²) in [7, 11) is 1.60. The van der Waals surface area contributed by atoms with E-state index >= 15 is 0 Å². The summed E-state index contributed by atoms with van der Waals surface area (Å²) in [5, 5.41) is 0.771. The van der Waals surface area contributed by atoms with Crippen LogP contribution in [0.5, 0.6) is 5.75 Å². The minimum absolute atomic E-state index is 0.0554. The molecule has 0 N–H and O–H groups in total. The number of carbonyl (C=O) groups excluding carboxylic acids is 2. The van der Waals surface area contributed by atoms with Crippen molar-refractivity contribution < 1.29 is 14.3 Å². The second-order valence-corrected chi connectivity index (χ2v) is 6.28. The molecule has 0 radical (unpaired) electrons. The lowest BCUT2D eigenvalue weighted by Gasteiger charge is -2.21. The molecule has 5 nitrogen and oxygen atoms in total. The second-order valence-electron chi connectivity index (χ2n) is 6.28. The lowest BCUT2D eigenvalue weighted by Crippen LogP contribution is -2.23. The summed E-state index contributed by atoms with van der Waals surface area (Å²) in [6, 6.07) is 14.8. The maximum Gasteiger partial charge on any atom is 0.264 e. The number of ether oxygens (including phenoxy) is 1. The number of aromatic nitrogens is 1. The van der Waals surface area contributed by atoms with Gasteiger partial charge in [0.25, 0.3) is 5.91 Å². The van der Waals surface area contributed by atoms with E-state index in [0.29, 0.717) is 22.3 Å². The summed E-state index contributed by atoms with van der Waals surface area (Å²) in [5.74, 6) is 0.532. The zero-order valence-corrected chi connectivity index (χ0v) is 14.0. The van der Waals surface area contributed by atoms with Gasteiger partial charge in [-0.25, -0.2) is 4.98 Å². The zero-order chi connectivity index (χ0) is 17.8. The number of hydrogen-bond acceptors (Lipinski definition) is 4. The lowest BCUT2D eigenvalue weighted by atomic mass is 9.94. The minimum Gasteiger partial charge on any atom is -0.497 e. The number of Topliss-reactive ketones (excluding diaryl/α,β-unsaturated/α-hetero) is 1. The van der Waals surface area contributed by atoms with Crippen LogP contribution >= 0.6 is 0 Å². The van der Waals surface area contributed by atoms with Crippen LogP contribution in [0, 0.1) is 0 Å². The van der Waals surface area contributed by atoms with E-state index in [1.165, 1.54) is 0 Å². The van der Waals surface area contributed by atoms with Crippen molar-refractivity contribution in [1.82, 2.24) is 4.98 Å². The average Bonchev–Trinajstić information content (AvgIpc) is 2.98. The highest BCUT2D eigenvalue weighted by atomic mass is 16.5. The van der Waals surface area contributed by atoms with Crippen molar-refractivity contribution in [3.05, 3.63) is 71.4 Å². The Morgan fingerprint density at radius 1 is 1.00 bits per heavy atom. The van der Waals surface area contributed by atoms with Crippen molar-refractivity contribution in [2.24, 2.45) is 0 Å². The Morgan fingerprint density at radius 3 is 2.54 bits per heavy atom. The Bertz CT molecular complexity index is 1130. The van der Waals surface area contributed by atoms with Crippen LogP contribution in [-0.2, 0) is 0 Å². The molecular formula is C21H14N2O3. The summed E-state index contributed by atoms with van der Waals surface area (Å²) in [4.78, 5) is 32.0. The molecule has 1 aliphatic carbocycles. The number of hydrogen-bond donors (Lipinski definition) is 0. The molecule has 26 heavy (non-hydrogen) atoms. The number of para-hydroxylation sites is 1. The first-order valence-electron chi connectivity index (χ1n) is 8.34. The van der Waals surface area contributed by atoms with Gasteiger partial charge in [0.05, 0.1) is 23.9 Å². The van der Waals surface area contributed by atoms with Gasteiger partial charge >= 0.3 is 0 Å². The summed E-state index contributed by atoms with van der Waals surface area (Å²) >= 11 is 0. The highest BCUT2D eigenvalue weighted by Crippen LogP contribution is 2.43. The molecule has 1 amide bonds. The van der Waals surface area contributed by atoms with Gasteiger partial charge < -0.3 is 4.74 Å². The third-order valence-corrected chi connectivity index (χ3v) is 4.88. The Morgan fingerprint density at radius 2 is 1.77 bits per heavy atom. The Balaban J connectivity index is 1.78. The van der Waals surface area contributed by atoms with Crippen LogP contribution < -0.4 is 9.64 Å². The van der Waals surface area contributed by atoms with Crippen LogP contribution in [-0.4, -0.2) is 23.8 Å².